The van der Waals surface area contributed by atoms with Gasteiger partial charge in [-0.05, 0) is 49.3 Å². The summed E-state index contributed by atoms with van der Waals surface area (Å²) in [6, 6.07) is 17.8. The molecule has 1 spiro atoms. The Kier molecular flexibility index (Phi) is 5.45. The molecule has 32 heavy (non-hydrogen) atoms. The van der Waals surface area contributed by atoms with Crippen LogP contribution in [0.15, 0.2) is 54.6 Å². The number of aryl methyl sites for hydroxylation is 1. The molecule has 0 unspecified atom stereocenters. The molecule has 2 atom stereocenters. The predicted molar refractivity (Wildman–Crippen MR) is 122 cm³/mol. The molecule has 5 rings (SSSR count). The molecule has 0 aromatic heterocycles. The van der Waals surface area contributed by atoms with E-state index in [4.69, 9.17) is 0 Å². The van der Waals surface area contributed by atoms with Crippen molar-refractivity contribution in [1.29, 1.82) is 0 Å². The standard InChI is InChI=1S/C26H29N3O3/c30-23-12-6-7-16-28(23)18-24(31)29-17-15-26(20-10-4-5-11-21(20)27-25(26)32)22(29)14-13-19-8-2-1-3-9-19/h1-5,8-11,22H,6-7,12-18H2,(H,27,32)/t22-,26+/m0/s1. The molecule has 6 heteroatoms. The van der Waals surface area contributed by atoms with Crippen molar-refractivity contribution in [3.05, 3.63) is 65.7 Å². The van der Waals surface area contributed by atoms with Crippen LogP contribution in [-0.2, 0) is 26.2 Å². The van der Waals surface area contributed by atoms with Gasteiger partial charge in [-0.3, -0.25) is 14.4 Å². The summed E-state index contributed by atoms with van der Waals surface area (Å²) in [5, 5.41) is 3.06. The Balaban J connectivity index is 1.44. The number of fused-ring (bicyclic) bond motifs is 2. The fourth-order valence-corrected chi connectivity index (χ4v) is 5.73. The van der Waals surface area contributed by atoms with Crippen LogP contribution in [0.5, 0.6) is 0 Å². The summed E-state index contributed by atoms with van der Waals surface area (Å²) in [5.74, 6) is -0.00298. The number of nitrogens with zero attached hydrogens (tertiary/aromatic N) is 2. The lowest BCUT2D eigenvalue weighted by molar-refractivity contribution is -0.143. The lowest BCUT2D eigenvalue weighted by Crippen LogP contribution is -2.52. The fraction of sp³-hybridized carbons (Fsp3) is 0.423. The van der Waals surface area contributed by atoms with E-state index < -0.39 is 5.41 Å². The molecule has 0 aliphatic carbocycles. The minimum Gasteiger partial charge on any atom is -0.337 e. The van der Waals surface area contributed by atoms with Gasteiger partial charge in [-0.15, -0.1) is 0 Å². The second-order valence-electron chi connectivity index (χ2n) is 9.12. The zero-order valence-corrected chi connectivity index (χ0v) is 18.3. The average Bonchev–Trinajstić information content (AvgIpc) is 3.33. The van der Waals surface area contributed by atoms with Gasteiger partial charge >= 0.3 is 0 Å². The van der Waals surface area contributed by atoms with E-state index >= 15 is 0 Å². The molecule has 2 saturated heterocycles. The maximum Gasteiger partial charge on any atom is 0.242 e. The second kappa shape index (κ2) is 8.41. The average molecular weight is 432 g/mol. The third-order valence-corrected chi connectivity index (χ3v) is 7.37. The number of hydrogen-bond acceptors (Lipinski definition) is 3. The molecule has 2 aromatic rings. The van der Waals surface area contributed by atoms with E-state index in [1.807, 2.05) is 47.4 Å². The van der Waals surface area contributed by atoms with E-state index in [-0.39, 0.29) is 30.3 Å². The Labute approximate surface area is 188 Å². The van der Waals surface area contributed by atoms with Crippen LogP contribution in [0, 0.1) is 0 Å². The monoisotopic (exact) mass is 431 g/mol. The molecule has 0 bridgehead atoms. The van der Waals surface area contributed by atoms with Gasteiger partial charge in [0.25, 0.3) is 0 Å². The number of carbonyl (C=O) groups excluding carboxylic acids is 3. The Bertz CT molecular complexity index is 1040. The minimum absolute atomic E-state index is 0.0129. The molecule has 0 radical (unpaired) electrons. The van der Waals surface area contributed by atoms with Crippen molar-refractivity contribution >= 4 is 23.4 Å². The Morgan fingerprint density at radius 3 is 2.59 bits per heavy atom. The van der Waals surface area contributed by atoms with E-state index in [2.05, 4.69) is 17.4 Å². The Morgan fingerprint density at radius 1 is 1.00 bits per heavy atom. The third kappa shape index (κ3) is 3.48. The first-order valence-electron chi connectivity index (χ1n) is 11.6. The van der Waals surface area contributed by atoms with Gasteiger partial charge in [-0.1, -0.05) is 48.5 Å². The number of hydrogen-bond donors (Lipinski definition) is 1. The lowest BCUT2D eigenvalue weighted by Gasteiger charge is -2.35. The van der Waals surface area contributed by atoms with Gasteiger partial charge < -0.3 is 15.1 Å². The topological polar surface area (TPSA) is 69.7 Å². The SMILES string of the molecule is O=C1CCCCN1CC(=O)N1CC[C@]2(C(=O)Nc3ccccc32)[C@@H]1CCc1ccccc1. The van der Waals surface area contributed by atoms with Crippen LogP contribution >= 0.6 is 0 Å². The molecule has 3 heterocycles. The quantitative estimate of drug-likeness (QED) is 0.791. The molecule has 166 valence electrons. The molecule has 3 aliphatic heterocycles. The first kappa shape index (κ1) is 20.7. The first-order chi connectivity index (χ1) is 15.6. The molecule has 2 aromatic carbocycles. The van der Waals surface area contributed by atoms with Crippen molar-refractivity contribution in [3.8, 4) is 0 Å². The van der Waals surface area contributed by atoms with Crippen LogP contribution in [0.2, 0.25) is 0 Å². The lowest BCUT2D eigenvalue weighted by atomic mass is 9.73. The molecule has 6 nitrogen and oxygen atoms in total. The number of nitrogens with one attached hydrogen (secondary N) is 1. The number of rotatable bonds is 5. The third-order valence-electron chi connectivity index (χ3n) is 7.37. The fourth-order valence-electron chi connectivity index (χ4n) is 5.73. The zero-order chi connectivity index (χ0) is 22.1. The highest BCUT2D eigenvalue weighted by Crippen LogP contribution is 2.49. The summed E-state index contributed by atoms with van der Waals surface area (Å²) in [6.07, 6.45) is 4.45. The summed E-state index contributed by atoms with van der Waals surface area (Å²) in [4.78, 5) is 42.7. The highest BCUT2D eigenvalue weighted by atomic mass is 16.2. The second-order valence-corrected chi connectivity index (χ2v) is 9.12. The number of para-hydroxylation sites is 1. The highest BCUT2D eigenvalue weighted by Gasteiger charge is 2.58. The maximum atomic E-state index is 13.4. The van der Waals surface area contributed by atoms with Gasteiger partial charge in [0.2, 0.25) is 17.7 Å². The number of amides is 3. The van der Waals surface area contributed by atoms with E-state index in [0.29, 0.717) is 32.4 Å². The van der Waals surface area contributed by atoms with Crippen LogP contribution in [-0.4, -0.2) is 53.2 Å². The van der Waals surface area contributed by atoms with Gasteiger partial charge in [0, 0.05) is 25.2 Å². The first-order valence-corrected chi connectivity index (χ1v) is 11.6. The predicted octanol–water partition coefficient (Wildman–Crippen LogP) is 3.12. The van der Waals surface area contributed by atoms with Crippen molar-refractivity contribution < 1.29 is 14.4 Å². The van der Waals surface area contributed by atoms with Gasteiger partial charge in [0.15, 0.2) is 0 Å². The Hall–Kier alpha value is -3.15. The number of piperidine rings is 1. The van der Waals surface area contributed by atoms with Gasteiger partial charge in [-0.25, -0.2) is 0 Å². The summed E-state index contributed by atoms with van der Waals surface area (Å²) in [5.41, 5.74) is 2.31. The van der Waals surface area contributed by atoms with Crippen LogP contribution in [0.1, 0.15) is 43.2 Å². The summed E-state index contributed by atoms with van der Waals surface area (Å²) in [7, 11) is 0. The van der Waals surface area contributed by atoms with Crippen molar-refractivity contribution in [1.82, 2.24) is 9.80 Å². The summed E-state index contributed by atoms with van der Waals surface area (Å²) >= 11 is 0. The minimum atomic E-state index is -0.729. The van der Waals surface area contributed by atoms with E-state index in [1.54, 1.807) is 4.90 Å². The molecule has 1 N–H and O–H groups in total. The van der Waals surface area contributed by atoms with Gasteiger partial charge in [0.05, 0.1) is 18.0 Å². The van der Waals surface area contributed by atoms with Crippen LogP contribution in [0.3, 0.4) is 0 Å². The summed E-state index contributed by atoms with van der Waals surface area (Å²) in [6.45, 7) is 1.28. The van der Waals surface area contributed by atoms with Crippen molar-refractivity contribution in [2.24, 2.45) is 0 Å². The van der Waals surface area contributed by atoms with E-state index in [0.717, 1.165) is 30.5 Å². The molecule has 0 saturated carbocycles. The molecule has 3 aliphatic rings. The largest absolute Gasteiger partial charge is 0.337 e. The van der Waals surface area contributed by atoms with Crippen LogP contribution in [0.25, 0.3) is 0 Å². The molecular formula is C26H29N3O3. The van der Waals surface area contributed by atoms with E-state index in [9.17, 15) is 14.4 Å². The smallest absolute Gasteiger partial charge is 0.242 e. The van der Waals surface area contributed by atoms with Crippen molar-refractivity contribution in [3.63, 3.8) is 0 Å². The molecule has 2 fully saturated rings. The molecule has 3 amide bonds. The highest BCUT2D eigenvalue weighted by molar-refractivity contribution is 6.07. The number of benzene rings is 2. The van der Waals surface area contributed by atoms with Crippen LogP contribution in [0.4, 0.5) is 5.69 Å². The normalized spacial score (nSPS) is 24.7. The zero-order valence-electron chi connectivity index (χ0n) is 18.3. The molecular weight excluding hydrogens is 402 g/mol. The van der Waals surface area contributed by atoms with E-state index in [1.165, 1.54) is 5.56 Å². The number of likely N-dealkylation sites (tertiary alicyclic amines) is 2. The maximum absolute atomic E-state index is 13.4. The van der Waals surface area contributed by atoms with Crippen molar-refractivity contribution in [2.45, 2.75) is 50.0 Å². The van der Waals surface area contributed by atoms with Crippen LogP contribution < -0.4 is 5.32 Å². The number of carbonyl (C=O) groups is 3. The Morgan fingerprint density at radius 2 is 1.78 bits per heavy atom. The van der Waals surface area contributed by atoms with Gasteiger partial charge in [0.1, 0.15) is 0 Å². The number of anilines is 1. The summed E-state index contributed by atoms with van der Waals surface area (Å²) < 4.78 is 0. The van der Waals surface area contributed by atoms with Crippen molar-refractivity contribution in [2.75, 3.05) is 25.0 Å². The van der Waals surface area contributed by atoms with Gasteiger partial charge in [-0.2, -0.15) is 0 Å².